The van der Waals surface area contributed by atoms with Crippen molar-refractivity contribution in [1.29, 1.82) is 0 Å². The Labute approximate surface area is 92.6 Å². The van der Waals surface area contributed by atoms with Gasteiger partial charge in [0.2, 0.25) is 0 Å². The number of rotatable bonds is 0. The summed E-state index contributed by atoms with van der Waals surface area (Å²) in [5.41, 5.74) is 2.79. The van der Waals surface area contributed by atoms with Crippen LogP contribution in [0.4, 0.5) is 0 Å². The van der Waals surface area contributed by atoms with Gasteiger partial charge in [-0.15, -0.1) is 0 Å². The number of para-hydroxylation sites is 2. The van der Waals surface area contributed by atoms with Crippen molar-refractivity contribution < 1.29 is 4.79 Å². The predicted molar refractivity (Wildman–Crippen MR) is 62.5 cm³/mol. The van der Waals surface area contributed by atoms with E-state index >= 15 is 0 Å². The van der Waals surface area contributed by atoms with Crippen LogP contribution in [0.2, 0.25) is 0 Å². The Morgan fingerprint density at radius 3 is 2.50 bits per heavy atom. The van der Waals surface area contributed by atoms with Crippen LogP contribution in [0.1, 0.15) is 22.6 Å². The second-order valence-corrected chi connectivity index (χ2v) is 3.48. The highest BCUT2D eigenvalue weighted by atomic mass is 16.1. The molecule has 0 radical (unpaired) electrons. The molecule has 4 nitrogen and oxygen atoms in total. The molecule has 4 heteroatoms. The quantitative estimate of drug-likeness (QED) is 0.728. The molecule has 3 N–H and O–H groups in total. The highest BCUT2D eigenvalue weighted by Crippen LogP contribution is 2.18. The molecule has 0 fully saturated rings. The minimum atomic E-state index is 0. The van der Waals surface area contributed by atoms with E-state index < -0.39 is 0 Å². The number of hydrogen-bond donors (Lipinski definition) is 1. The van der Waals surface area contributed by atoms with Crippen molar-refractivity contribution in [3.63, 3.8) is 0 Å². The van der Waals surface area contributed by atoms with Gasteiger partial charge in [-0.2, -0.15) is 0 Å². The first-order chi connectivity index (χ1) is 7.34. The second kappa shape index (κ2) is 3.83. The molecule has 0 amide bonds. The lowest BCUT2D eigenvalue weighted by atomic mass is 10.1. The first-order valence-corrected chi connectivity index (χ1v) is 4.81. The fraction of sp³-hybridized carbons (Fsp3) is 0.0833. The fourth-order valence-corrected chi connectivity index (χ4v) is 1.71. The molecule has 0 saturated carbocycles. The van der Waals surface area contributed by atoms with E-state index in [1.165, 1.54) is 0 Å². The summed E-state index contributed by atoms with van der Waals surface area (Å²) >= 11 is 0. The van der Waals surface area contributed by atoms with Crippen LogP contribution < -0.4 is 6.15 Å². The lowest BCUT2D eigenvalue weighted by Crippen LogP contribution is -2.09. The van der Waals surface area contributed by atoms with Crippen molar-refractivity contribution in [2.24, 2.45) is 0 Å². The van der Waals surface area contributed by atoms with E-state index in [1.807, 2.05) is 36.4 Å². The van der Waals surface area contributed by atoms with Crippen molar-refractivity contribution in [1.82, 2.24) is 16.1 Å². The topological polar surface area (TPSA) is 77.9 Å². The number of carbonyl (C=O) groups is 1. The maximum absolute atomic E-state index is 11.6. The standard InChI is InChI=1S/C12H8N2O.H3N/c15-11-7-3-6-10-12(11)14-9-5-2-1-4-8(9)13-10;/h1-6H,7H2;1H3. The van der Waals surface area contributed by atoms with Gasteiger partial charge in [0.1, 0.15) is 5.69 Å². The number of ketones is 1. The van der Waals surface area contributed by atoms with Crippen LogP contribution in [0.3, 0.4) is 0 Å². The number of nitrogens with zero attached hydrogens (tertiary/aromatic N) is 2. The summed E-state index contributed by atoms with van der Waals surface area (Å²) in [5, 5.41) is 0. The monoisotopic (exact) mass is 213 g/mol. The zero-order valence-electron chi connectivity index (χ0n) is 8.68. The Morgan fingerprint density at radius 1 is 1.06 bits per heavy atom. The Kier molecular flexibility index (Phi) is 2.50. The van der Waals surface area contributed by atoms with Crippen LogP contribution in [0.25, 0.3) is 17.1 Å². The van der Waals surface area contributed by atoms with Crippen LogP contribution in [0.5, 0.6) is 0 Å². The van der Waals surface area contributed by atoms with Crippen molar-refractivity contribution in [2.45, 2.75) is 6.42 Å². The summed E-state index contributed by atoms with van der Waals surface area (Å²) in [4.78, 5) is 20.3. The van der Waals surface area contributed by atoms with Gasteiger partial charge in [-0.3, -0.25) is 4.79 Å². The van der Waals surface area contributed by atoms with Crippen LogP contribution >= 0.6 is 0 Å². The number of aromatic nitrogens is 2. The van der Waals surface area contributed by atoms with Crippen molar-refractivity contribution in [2.75, 3.05) is 0 Å². The summed E-state index contributed by atoms with van der Waals surface area (Å²) in [6, 6.07) is 7.58. The second-order valence-electron chi connectivity index (χ2n) is 3.48. The molecular weight excluding hydrogens is 202 g/mol. The van der Waals surface area contributed by atoms with Crippen molar-refractivity contribution in [3.8, 4) is 0 Å². The van der Waals surface area contributed by atoms with Gasteiger partial charge in [0.25, 0.3) is 0 Å². The largest absolute Gasteiger partial charge is 0.344 e. The highest BCUT2D eigenvalue weighted by Gasteiger charge is 2.16. The first kappa shape index (κ1) is 10.4. The third-order valence-corrected chi connectivity index (χ3v) is 2.44. The Balaban J connectivity index is 0.000000963. The molecule has 2 aromatic rings. The van der Waals surface area contributed by atoms with Crippen molar-refractivity contribution in [3.05, 3.63) is 41.7 Å². The summed E-state index contributed by atoms with van der Waals surface area (Å²) in [7, 11) is 0. The van der Waals surface area contributed by atoms with E-state index in [0.717, 1.165) is 11.0 Å². The number of hydrogen-bond acceptors (Lipinski definition) is 4. The third-order valence-electron chi connectivity index (χ3n) is 2.44. The predicted octanol–water partition coefficient (Wildman–Crippen LogP) is 2.39. The summed E-state index contributed by atoms with van der Waals surface area (Å²) in [6.45, 7) is 0. The summed E-state index contributed by atoms with van der Waals surface area (Å²) in [6.07, 6.45) is 4.12. The van der Waals surface area contributed by atoms with E-state index in [-0.39, 0.29) is 11.9 Å². The molecule has 16 heavy (non-hydrogen) atoms. The molecule has 1 heterocycles. The van der Waals surface area contributed by atoms with E-state index in [0.29, 0.717) is 17.8 Å². The highest BCUT2D eigenvalue weighted by molar-refractivity contribution is 6.01. The van der Waals surface area contributed by atoms with Gasteiger partial charge in [-0.25, -0.2) is 9.97 Å². The molecule has 0 bridgehead atoms. The Hall–Kier alpha value is -2.07. The minimum Gasteiger partial charge on any atom is -0.344 e. The van der Waals surface area contributed by atoms with Gasteiger partial charge < -0.3 is 6.15 Å². The zero-order chi connectivity index (χ0) is 10.3. The van der Waals surface area contributed by atoms with Crippen LogP contribution in [0, 0.1) is 0 Å². The third kappa shape index (κ3) is 1.49. The SMILES string of the molecule is N.O=C1CC=Cc2nc3ccccc3nc21. The molecule has 80 valence electrons. The summed E-state index contributed by atoms with van der Waals surface area (Å²) < 4.78 is 0. The van der Waals surface area contributed by atoms with Crippen LogP contribution in [-0.4, -0.2) is 15.8 Å². The molecule has 1 aromatic heterocycles. The number of benzene rings is 1. The van der Waals surface area contributed by atoms with E-state index in [1.54, 1.807) is 0 Å². The molecule has 1 aromatic carbocycles. The van der Waals surface area contributed by atoms with E-state index in [9.17, 15) is 4.79 Å². The number of fused-ring (bicyclic) bond motifs is 2. The average Bonchev–Trinajstić information content (AvgIpc) is 2.27. The Bertz CT molecular complexity index is 590. The molecule has 0 unspecified atom stereocenters. The summed E-state index contributed by atoms with van der Waals surface area (Å²) in [5.74, 6) is 0.0470. The zero-order valence-corrected chi connectivity index (χ0v) is 8.68. The lowest BCUT2D eigenvalue weighted by molar-refractivity contribution is 0.0989. The molecule has 0 aliphatic heterocycles. The van der Waals surface area contributed by atoms with Gasteiger partial charge in [0, 0.05) is 6.42 Å². The van der Waals surface area contributed by atoms with Gasteiger partial charge in [0.15, 0.2) is 5.78 Å². The normalized spacial score (nSPS) is 13.4. The van der Waals surface area contributed by atoms with Gasteiger partial charge in [0.05, 0.1) is 16.7 Å². The minimum absolute atomic E-state index is 0. The average molecular weight is 213 g/mol. The lowest BCUT2D eigenvalue weighted by Gasteiger charge is -2.08. The molecular formula is C12H11N3O. The molecule has 1 aliphatic carbocycles. The molecule has 0 spiro atoms. The smallest absolute Gasteiger partial charge is 0.187 e. The van der Waals surface area contributed by atoms with Crippen LogP contribution in [-0.2, 0) is 0 Å². The number of carbonyl (C=O) groups excluding carboxylic acids is 1. The number of allylic oxidation sites excluding steroid dienone is 1. The van der Waals surface area contributed by atoms with Gasteiger partial charge in [-0.05, 0) is 18.2 Å². The van der Waals surface area contributed by atoms with Gasteiger partial charge in [-0.1, -0.05) is 18.2 Å². The van der Waals surface area contributed by atoms with Gasteiger partial charge >= 0.3 is 0 Å². The molecule has 3 rings (SSSR count). The fourth-order valence-electron chi connectivity index (χ4n) is 1.71. The van der Waals surface area contributed by atoms with E-state index in [2.05, 4.69) is 9.97 Å². The Morgan fingerprint density at radius 2 is 1.75 bits per heavy atom. The molecule has 0 saturated heterocycles. The maximum atomic E-state index is 11.6. The maximum Gasteiger partial charge on any atom is 0.187 e. The van der Waals surface area contributed by atoms with E-state index in [4.69, 9.17) is 0 Å². The molecule has 1 aliphatic rings. The van der Waals surface area contributed by atoms with Crippen LogP contribution in [0.15, 0.2) is 30.3 Å². The number of Topliss-reactive ketones (excluding diaryl/α,β-unsaturated/α-hetero) is 1. The van der Waals surface area contributed by atoms with Crippen molar-refractivity contribution >= 4 is 22.9 Å². The first-order valence-electron chi connectivity index (χ1n) is 4.81. The molecule has 0 atom stereocenters.